The quantitative estimate of drug-likeness (QED) is 0.553. The molecule has 1 rings (SSSR count). The van der Waals surface area contributed by atoms with Crippen LogP contribution in [-0.2, 0) is 11.3 Å². The van der Waals surface area contributed by atoms with Gasteiger partial charge in [0.2, 0.25) is 0 Å². The highest BCUT2D eigenvalue weighted by Crippen LogP contribution is 1.93. The van der Waals surface area contributed by atoms with Gasteiger partial charge in [0.1, 0.15) is 0 Å². The van der Waals surface area contributed by atoms with Crippen LogP contribution in [0.25, 0.3) is 0 Å². The molecule has 0 aromatic carbocycles. The van der Waals surface area contributed by atoms with Gasteiger partial charge < -0.3 is 10.3 Å². The van der Waals surface area contributed by atoms with Gasteiger partial charge >= 0.3 is 6.41 Å². The highest BCUT2D eigenvalue weighted by molar-refractivity contribution is 5.47. The molecule has 0 bridgehead atoms. The average molecular weight is 123 g/mol. The molecule has 3 heteroatoms. The first-order valence-corrected chi connectivity index (χ1v) is 2.65. The van der Waals surface area contributed by atoms with Crippen molar-refractivity contribution in [3.05, 3.63) is 24.0 Å². The first-order valence-electron chi connectivity index (χ1n) is 2.65. The summed E-state index contributed by atoms with van der Waals surface area (Å²) in [7, 11) is 0. The summed E-state index contributed by atoms with van der Waals surface area (Å²) in [4.78, 5) is 12.5. The first-order chi connectivity index (χ1) is 4.43. The van der Waals surface area contributed by atoms with E-state index in [1.54, 1.807) is 6.41 Å². The van der Waals surface area contributed by atoms with Crippen molar-refractivity contribution in [1.29, 1.82) is 0 Å². The Morgan fingerprint density at radius 1 is 1.78 bits per heavy atom. The summed E-state index contributed by atoms with van der Waals surface area (Å²) in [6.45, 7) is 0.549. The lowest BCUT2D eigenvalue weighted by Crippen LogP contribution is -2.08. The summed E-state index contributed by atoms with van der Waals surface area (Å²) in [6, 6.07) is 1.89. The SMILES string of the molecule is O=[C]NCc1cc[nH]c1. The number of rotatable bonds is 3. The molecule has 0 saturated carbocycles. The van der Waals surface area contributed by atoms with Crippen LogP contribution in [0.3, 0.4) is 0 Å². The second kappa shape index (κ2) is 2.91. The van der Waals surface area contributed by atoms with Crippen molar-refractivity contribution in [2.24, 2.45) is 0 Å². The van der Waals surface area contributed by atoms with Crippen molar-refractivity contribution < 1.29 is 4.79 Å². The Hall–Kier alpha value is -1.25. The van der Waals surface area contributed by atoms with E-state index in [0.29, 0.717) is 6.54 Å². The molecule has 1 amide bonds. The lowest BCUT2D eigenvalue weighted by molar-refractivity contribution is 0.542. The largest absolute Gasteiger partial charge is 0.367 e. The molecular formula is C6H7N2O. The van der Waals surface area contributed by atoms with E-state index in [9.17, 15) is 4.79 Å². The smallest absolute Gasteiger partial charge is 0.309 e. The molecule has 1 heterocycles. The summed E-state index contributed by atoms with van der Waals surface area (Å²) < 4.78 is 0. The monoisotopic (exact) mass is 123 g/mol. The molecular weight excluding hydrogens is 116 g/mol. The zero-order valence-corrected chi connectivity index (χ0v) is 4.85. The van der Waals surface area contributed by atoms with E-state index < -0.39 is 0 Å². The number of nitrogens with one attached hydrogen (secondary N) is 2. The Morgan fingerprint density at radius 3 is 3.22 bits per heavy atom. The first kappa shape index (κ1) is 5.88. The Labute approximate surface area is 53.1 Å². The Bertz CT molecular complexity index is 169. The topological polar surface area (TPSA) is 44.9 Å². The van der Waals surface area contributed by atoms with Gasteiger partial charge in [0.05, 0.1) is 0 Å². The van der Waals surface area contributed by atoms with Crippen LogP contribution in [0.5, 0.6) is 0 Å². The zero-order chi connectivity index (χ0) is 6.53. The highest BCUT2D eigenvalue weighted by Gasteiger charge is 1.87. The lowest BCUT2D eigenvalue weighted by atomic mass is 10.3. The van der Waals surface area contributed by atoms with Crippen LogP contribution in [0.2, 0.25) is 0 Å². The zero-order valence-electron chi connectivity index (χ0n) is 4.85. The molecule has 3 nitrogen and oxygen atoms in total. The van der Waals surface area contributed by atoms with Crippen molar-refractivity contribution in [2.75, 3.05) is 0 Å². The van der Waals surface area contributed by atoms with E-state index in [-0.39, 0.29) is 0 Å². The third-order valence-corrected chi connectivity index (χ3v) is 1.03. The van der Waals surface area contributed by atoms with Crippen LogP contribution >= 0.6 is 0 Å². The van der Waals surface area contributed by atoms with E-state index in [1.807, 2.05) is 18.5 Å². The number of H-pyrrole nitrogens is 1. The van der Waals surface area contributed by atoms with E-state index in [0.717, 1.165) is 5.56 Å². The summed E-state index contributed by atoms with van der Waals surface area (Å²) in [6.07, 6.45) is 5.22. The molecule has 0 aliphatic heterocycles. The van der Waals surface area contributed by atoms with Gasteiger partial charge in [-0.3, -0.25) is 4.79 Å². The van der Waals surface area contributed by atoms with Gasteiger partial charge in [-0.2, -0.15) is 0 Å². The number of hydrogen-bond donors (Lipinski definition) is 2. The molecule has 0 fully saturated rings. The minimum Gasteiger partial charge on any atom is -0.367 e. The maximum Gasteiger partial charge on any atom is 0.309 e. The van der Waals surface area contributed by atoms with Crippen LogP contribution < -0.4 is 5.32 Å². The molecule has 47 valence electrons. The fourth-order valence-electron chi connectivity index (χ4n) is 0.607. The minimum atomic E-state index is 0.549. The van der Waals surface area contributed by atoms with Crippen LogP contribution in [0.15, 0.2) is 18.5 Å². The van der Waals surface area contributed by atoms with E-state index in [4.69, 9.17) is 0 Å². The van der Waals surface area contributed by atoms with E-state index >= 15 is 0 Å². The third-order valence-electron chi connectivity index (χ3n) is 1.03. The Morgan fingerprint density at radius 2 is 2.67 bits per heavy atom. The van der Waals surface area contributed by atoms with Crippen molar-refractivity contribution in [3.8, 4) is 0 Å². The summed E-state index contributed by atoms with van der Waals surface area (Å²) in [5, 5.41) is 2.43. The summed E-state index contributed by atoms with van der Waals surface area (Å²) >= 11 is 0. The number of hydrogen-bond acceptors (Lipinski definition) is 1. The van der Waals surface area contributed by atoms with Gasteiger partial charge in [-0.05, 0) is 11.6 Å². The van der Waals surface area contributed by atoms with Crippen molar-refractivity contribution in [2.45, 2.75) is 6.54 Å². The predicted molar refractivity (Wildman–Crippen MR) is 33.3 cm³/mol. The maximum atomic E-state index is 9.65. The normalized spacial score (nSPS) is 8.89. The van der Waals surface area contributed by atoms with Crippen LogP contribution in [0.4, 0.5) is 0 Å². The lowest BCUT2D eigenvalue weighted by Gasteiger charge is -1.89. The summed E-state index contributed by atoms with van der Waals surface area (Å²) in [5.41, 5.74) is 1.05. The standard InChI is InChI=1S/C6H7N2O/c9-5-8-4-6-1-2-7-3-6/h1-3,7H,4H2,(H,8,9). The van der Waals surface area contributed by atoms with Gasteiger partial charge in [-0.1, -0.05) is 0 Å². The van der Waals surface area contributed by atoms with Gasteiger partial charge in [-0.15, -0.1) is 0 Å². The molecule has 0 aliphatic rings. The molecule has 0 unspecified atom stereocenters. The summed E-state index contributed by atoms with van der Waals surface area (Å²) in [5.74, 6) is 0. The fraction of sp³-hybridized carbons (Fsp3) is 0.167. The van der Waals surface area contributed by atoms with Crippen molar-refractivity contribution in [3.63, 3.8) is 0 Å². The van der Waals surface area contributed by atoms with Gasteiger partial charge in [0.15, 0.2) is 0 Å². The number of aromatic nitrogens is 1. The van der Waals surface area contributed by atoms with Gasteiger partial charge in [-0.25, -0.2) is 0 Å². The molecule has 0 aliphatic carbocycles. The van der Waals surface area contributed by atoms with Gasteiger partial charge in [0.25, 0.3) is 0 Å². The number of aromatic amines is 1. The van der Waals surface area contributed by atoms with Crippen LogP contribution in [0, 0.1) is 0 Å². The Kier molecular flexibility index (Phi) is 1.90. The average Bonchev–Trinajstić information content (AvgIpc) is 2.34. The Balaban J connectivity index is 2.38. The molecule has 1 aromatic rings. The molecule has 0 saturated heterocycles. The van der Waals surface area contributed by atoms with Crippen LogP contribution in [0.1, 0.15) is 5.56 Å². The van der Waals surface area contributed by atoms with Crippen LogP contribution in [-0.4, -0.2) is 11.4 Å². The second-order valence-corrected chi connectivity index (χ2v) is 1.67. The fourth-order valence-corrected chi connectivity index (χ4v) is 0.607. The second-order valence-electron chi connectivity index (χ2n) is 1.67. The van der Waals surface area contributed by atoms with Crippen molar-refractivity contribution >= 4 is 6.41 Å². The molecule has 1 aromatic heterocycles. The maximum absolute atomic E-state index is 9.65. The number of amides is 1. The van der Waals surface area contributed by atoms with Crippen molar-refractivity contribution in [1.82, 2.24) is 10.3 Å². The molecule has 0 spiro atoms. The predicted octanol–water partition coefficient (Wildman–Crippen LogP) is 0.172. The van der Waals surface area contributed by atoms with E-state index in [2.05, 4.69) is 10.3 Å². The molecule has 0 atom stereocenters. The third kappa shape index (κ3) is 1.60. The molecule has 2 N–H and O–H groups in total. The number of carbonyl (C=O) groups excluding carboxylic acids is 1. The van der Waals surface area contributed by atoms with Gasteiger partial charge in [0, 0.05) is 18.9 Å². The molecule has 9 heavy (non-hydrogen) atoms. The van der Waals surface area contributed by atoms with E-state index in [1.165, 1.54) is 0 Å². The molecule has 1 radical (unpaired) electrons. The minimum absolute atomic E-state index is 0.549. The highest BCUT2D eigenvalue weighted by atomic mass is 16.1.